The maximum Gasteiger partial charge on any atom is 0.333 e. The number of nitrogens with zero attached hydrogens (tertiary/aromatic N) is 5. The Balaban J connectivity index is 1.26. The molecule has 1 saturated carbocycles. The van der Waals surface area contributed by atoms with Gasteiger partial charge in [-0.25, -0.2) is 9.48 Å². The molecule has 1 aliphatic carbocycles. The van der Waals surface area contributed by atoms with Crippen molar-refractivity contribution in [1.29, 1.82) is 0 Å². The number of para-hydroxylation sites is 1. The first kappa shape index (κ1) is 30.3. The Morgan fingerprint density at radius 1 is 1.04 bits per heavy atom. The summed E-state index contributed by atoms with van der Waals surface area (Å²) in [6.45, 7) is 2.69. The van der Waals surface area contributed by atoms with Gasteiger partial charge in [0.05, 0.1) is 34.7 Å². The van der Waals surface area contributed by atoms with E-state index in [2.05, 4.69) is 21.0 Å². The van der Waals surface area contributed by atoms with Crippen LogP contribution in [0.25, 0.3) is 11.4 Å². The monoisotopic (exact) mass is 699 g/mol. The van der Waals surface area contributed by atoms with Crippen LogP contribution in [0.4, 0.5) is 0 Å². The van der Waals surface area contributed by atoms with Crippen LogP contribution in [0.5, 0.6) is 5.75 Å². The lowest BCUT2D eigenvalue weighted by atomic mass is 9.92. The molecular weight excluding hydrogens is 670 g/mol. The molecule has 2 aliphatic rings. The Labute approximate surface area is 279 Å². The number of amides is 1. The SMILES string of the molecule is C[C@@H](CC(=O)c1c2n(c(=O)n1-c1ccc(OC3CC3)cc1)CCN(C(=O)c1ccc(Br)c(Cl)c1)C2)c1ccccc1-n1cccn1. The molecule has 1 fully saturated rings. The molecule has 0 bridgehead atoms. The summed E-state index contributed by atoms with van der Waals surface area (Å²) < 4.78 is 11.5. The standard InChI is InChI=1S/C35H31BrClN5O4/c1-22(27-5-2-3-6-30(27)41-16-4-15-38-41)19-32(43)33-31-21-39(34(44)23-7-14-28(36)29(37)20-23)17-18-40(31)35(45)42(33)24-8-10-25(11-9-24)46-26-12-13-26/h2-11,14-16,20,22,26H,12-13,17-19,21H2,1H3/t22-/m0/s1. The summed E-state index contributed by atoms with van der Waals surface area (Å²) in [6.07, 6.45) is 6.05. The van der Waals surface area contributed by atoms with Crippen molar-refractivity contribution in [2.24, 2.45) is 0 Å². The van der Waals surface area contributed by atoms with Crippen molar-refractivity contribution in [1.82, 2.24) is 23.8 Å². The molecule has 3 heterocycles. The van der Waals surface area contributed by atoms with Crippen LogP contribution in [0.3, 0.4) is 0 Å². The number of benzene rings is 3. The van der Waals surface area contributed by atoms with Gasteiger partial charge in [0.15, 0.2) is 5.78 Å². The third kappa shape index (κ3) is 5.83. The lowest BCUT2D eigenvalue weighted by molar-refractivity contribution is 0.0706. The number of aromatic nitrogens is 4. The maximum atomic E-state index is 14.4. The first-order valence-electron chi connectivity index (χ1n) is 15.3. The highest BCUT2D eigenvalue weighted by atomic mass is 79.9. The minimum atomic E-state index is -0.308. The molecule has 0 radical (unpaired) electrons. The van der Waals surface area contributed by atoms with E-state index in [0.717, 1.165) is 29.8 Å². The topological polar surface area (TPSA) is 91.4 Å². The predicted molar refractivity (Wildman–Crippen MR) is 178 cm³/mol. The van der Waals surface area contributed by atoms with Gasteiger partial charge in [-0.1, -0.05) is 36.7 Å². The van der Waals surface area contributed by atoms with Gasteiger partial charge in [-0.3, -0.25) is 18.7 Å². The molecule has 5 aromatic rings. The fourth-order valence-electron chi connectivity index (χ4n) is 6.03. The van der Waals surface area contributed by atoms with Gasteiger partial charge in [0.25, 0.3) is 5.91 Å². The van der Waals surface area contributed by atoms with Crippen LogP contribution in [0.2, 0.25) is 5.02 Å². The summed E-state index contributed by atoms with van der Waals surface area (Å²) >= 11 is 9.67. The number of Topliss-reactive ketones (excluding diaryl/α,β-unsaturated/α-hetero) is 1. The predicted octanol–water partition coefficient (Wildman–Crippen LogP) is 6.81. The molecule has 0 N–H and O–H groups in total. The van der Waals surface area contributed by atoms with Crippen LogP contribution in [-0.4, -0.2) is 48.2 Å². The molecule has 0 unspecified atom stereocenters. The number of carbonyl (C=O) groups is 2. The minimum Gasteiger partial charge on any atom is -0.490 e. The van der Waals surface area contributed by atoms with E-state index in [1.807, 2.05) is 67.7 Å². The molecule has 0 spiro atoms. The molecule has 0 saturated heterocycles. The Morgan fingerprint density at radius 2 is 1.83 bits per heavy atom. The van der Waals surface area contributed by atoms with Crippen LogP contribution in [0.1, 0.15) is 64.2 Å². The zero-order chi connectivity index (χ0) is 31.9. The molecule has 7 rings (SSSR count). The Kier molecular flexibility index (Phi) is 8.16. The lowest BCUT2D eigenvalue weighted by Gasteiger charge is -2.28. The molecule has 1 atom stereocenters. The summed E-state index contributed by atoms with van der Waals surface area (Å²) in [5.41, 5.74) is 3.36. The van der Waals surface area contributed by atoms with Gasteiger partial charge < -0.3 is 9.64 Å². The average Bonchev–Trinajstić information content (AvgIpc) is 3.60. The smallest absolute Gasteiger partial charge is 0.333 e. The van der Waals surface area contributed by atoms with Crippen LogP contribution in [-0.2, 0) is 13.1 Å². The number of ether oxygens (including phenoxy) is 1. The second-order valence-electron chi connectivity index (χ2n) is 11.8. The second-order valence-corrected chi connectivity index (χ2v) is 13.0. The zero-order valence-corrected chi connectivity index (χ0v) is 27.4. The summed E-state index contributed by atoms with van der Waals surface area (Å²) in [5.74, 6) is 0.132. The van der Waals surface area contributed by atoms with Crippen molar-refractivity contribution in [3.05, 3.63) is 128 Å². The van der Waals surface area contributed by atoms with E-state index >= 15 is 0 Å². The van der Waals surface area contributed by atoms with Crippen molar-refractivity contribution in [2.45, 2.75) is 51.3 Å². The summed E-state index contributed by atoms with van der Waals surface area (Å²) in [6, 6.07) is 22.1. The minimum absolute atomic E-state index is 0.108. The largest absolute Gasteiger partial charge is 0.490 e. The van der Waals surface area contributed by atoms with Gasteiger partial charge in [-0.2, -0.15) is 5.10 Å². The fourth-order valence-corrected chi connectivity index (χ4v) is 6.46. The van der Waals surface area contributed by atoms with Gasteiger partial charge in [0, 0.05) is 41.9 Å². The summed E-state index contributed by atoms with van der Waals surface area (Å²) in [5, 5.41) is 4.83. The molecule has 11 heteroatoms. The van der Waals surface area contributed by atoms with Gasteiger partial charge in [0.1, 0.15) is 11.4 Å². The highest BCUT2D eigenvalue weighted by Crippen LogP contribution is 2.31. The molecule has 3 aromatic carbocycles. The molecule has 1 amide bonds. The number of rotatable bonds is 9. The second kappa shape index (κ2) is 12.4. The third-order valence-electron chi connectivity index (χ3n) is 8.53. The summed E-state index contributed by atoms with van der Waals surface area (Å²) in [7, 11) is 0. The van der Waals surface area contributed by atoms with E-state index in [0.29, 0.717) is 33.0 Å². The molecule has 9 nitrogen and oxygen atoms in total. The van der Waals surface area contributed by atoms with Gasteiger partial charge in [0.2, 0.25) is 0 Å². The first-order valence-corrected chi connectivity index (χ1v) is 16.4. The van der Waals surface area contributed by atoms with Crippen LogP contribution in [0, 0.1) is 0 Å². The quantitative estimate of drug-likeness (QED) is 0.158. The summed E-state index contributed by atoms with van der Waals surface area (Å²) in [4.78, 5) is 43.7. The highest BCUT2D eigenvalue weighted by molar-refractivity contribution is 9.10. The number of carbonyl (C=O) groups excluding carboxylic acids is 2. The molecule has 46 heavy (non-hydrogen) atoms. The van der Waals surface area contributed by atoms with Crippen LogP contribution >= 0.6 is 27.5 Å². The van der Waals surface area contributed by atoms with Crippen molar-refractivity contribution in [3.63, 3.8) is 0 Å². The van der Waals surface area contributed by atoms with Crippen molar-refractivity contribution in [3.8, 4) is 17.1 Å². The van der Waals surface area contributed by atoms with Crippen molar-refractivity contribution in [2.75, 3.05) is 6.54 Å². The average molecular weight is 701 g/mol. The van der Waals surface area contributed by atoms with E-state index in [-0.39, 0.29) is 54.6 Å². The van der Waals surface area contributed by atoms with Gasteiger partial charge in [-0.05, 0) is 94.9 Å². The molecule has 1 aliphatic heterocycles. The van der Waals surface area contributed by atoms with Crippen LogP contribution in [0.15, 0.2) is 94.5 Å². The van der Waals surface area contributed by atoms with E-state index in [1.165, 1.54) is 4.57 Å². The number of fused-ring (bicyclic) bond motifs is 1. The lowest BCUT2D eigenvalue weighted by Crippen LogP contribution is -2.41. The molecule has 2 aromatic heterocycles. The Bertz CT molecular complexity index is 2000. The number of ketones is 1. The number of halogens is 2. The fraction of sp³-hybridized carbons (Fsp3) is 0.257. The first-order chi connectivity index (χ1) is 22.3. The molecule has 234 valence electrons. The van der Waals surface area contributed by atoms with Crippen molar-refractivity contribution >= 4 is 39.2 Å². The molecular formula is C35H31BrClN5O4. The van der Waals surface area contributed by atoms with Gasteiger partial charge in [-0.15, -0.1) is 0 Å². The van der Waals surface area contributed by atoms with E-state index in [9.17, 15) is 14.4 Å². The van der Waals surface area contributed by atoms with E-state index < -0.39 is 0 Å². The maximum absolute atomic E-state index is 14.4. The third-order valence-corrected chi connectivity index (χ3v) is 9.76. The van der Waals surface area contributed by atoms with E-state index in [4.69, 9.17) is 16.3 Å². The number of hydrogen-bond acceptors (Lipinski definition) is 5. The van der Waals surface area contributed by atoms with Gasteiger partial charge >= 0.3 is 5.69 Å². The number of imidazole rings is 1. The van der Waals surface area contributed by atoms with Crippen LogP contribution < -0.4 is 10.4 Å². The normalized spacial score (nSPS) is 15.0. The van der Waals surface area contributed by atoms with E-state index in [1.54, 1.807) is 38.5 Å². The Hall–Kier alpha value is -4.41. The number of hydrogen-bond donors (Lipinski definition) is 0. The highest BCUT2D eigenvalue weighted by Gasteiger charge is 2.33. The van der Waals surface area contributed by atoms with Crippen molar-refractivity contribution < 1.29 is 14.3 Å². The zero-order valence-electron chi connectivity index (χ0n) is 25.1. The Morgan fingerprint density at radius 3 is 2.54 bits per heavy atom.